The van der Waals surface area contributed by atoms with Crippen LogP contribution in [0.2, 0.25) is 0 Å². The van der Waals surface area contributed by atoms with E-state index >= 15 is 0 Å². The minimum absolute atomic E-state index is 0.0889. The molecule has 0 heterocycles. The molecule has 1 amide bonds. The molecule has 1 N–H and O–H groups in total. The van der Waals surface area contributed by atoms with E-state index in [2.05, 4.69) is 17.1 Å². The van der Waals surface area contributed by atoms with Gasteiger partial charge in [0.15, 0.2) is 11.5 Å². The van der Waals surface area contributed by atoms with Crippen molar-refractivity contribution in [2.24, 2.45) is 0 Å². The number of hydrogen-bond donors (Lipinski definition) is 1. The van der Waals surface area contributed by atoms with Crippen LogP contribution in [0.4, 0.5) is 0 Å². The molecule has 1 aromatic rings. The highest BCUT2D eigenvalue weighted by molar-refractivity contribution is 5.91. The van der Waals surface area contributed by atoms with Crippen LogP contribution in [0.3, 0.4) is 0 Å². The fourth-order valence-corrected chi connectivity index (χ4v) is 1.96. The molecule has 0 aliphatic rings. The number of carbonyl (C=O) groups is 1. The number of rotatable bonds is 10. The van der Waals surface area contributed by atoms with E-state index in [9.17, 15) is 4.79 Å². The summed E-state index contributed by atoms with van der Waals surface area (Å²) in [4.78, 5) is 13.9. The highest BCUT2D eigenvalue weighted by Crippen LogP contribution is 2.28. The molecular formula is C18H28N2O3. The Kier molecular flexibility index (Phi) is 8.83. The van der Waals surface area contributed by atoms with Gasteiger partial charge in [0.25, 0.3) is 0 Å². The molecule has 0 saturated heterocycles. The Bertz CT molecular complexity index is 513. The van der Waals surface area contributed by atoms with Gasteiger partial charge in [0.1, 0.15) is 0 Å². The summed E-state index contributed by atoms with van der Waals surface area (Å²) in [5.41, 5.74) is 0.897. The first-order valence-corrected chi connectivity index (χ1v) is 7.98. The summed E-state index contributed by atoms with van der Waals surface area (Å²) >= 11 is 0. The molecule has 0 unspecified atom stereocenters. The summed E-state index contributed by atoms with van der Waals surface area (Å²) in [6, 6.07) is 5.63. The van der Waals surface area contributed by atoms with Gasteiger partial charge < -0.3 is 19.7 Å². The molecule has 5 heteroatoms. The van der Waals surface area contributed by atoms with Gasteiger partial charge in [0, 0.05) is 12.6 Å². The lowest BCUT2D eigenvalue weighted by Gasteiger charge is -2.10. The molecule has 0 aliphatic heterocycles. The van der Waals surface area contributed by atoms with Crippen LogP contribution in [0.25, 0.3) is 6.08 Å². The molecular weight excluding hydrogens is 292 g/mol. The van der Waals surface area contributed by atoms with Crippen LogP contribution in [-0.4, -0.2) is 51.7 Å². The molecule has 0 bridgehead atoms. The number of benzene rings is 1. The lowest BCUT2D eigenvalue weighted by molar-refractivity contribution is -0.116. The second-order valence-corrected chi connectivity index (χ2v) is 5.54. The zero-order valence-electron chi connectivity index (χ0n) is 14.6. The van der Waals surface area contributed by atoms with Crippen molar-refractivity contribution >= 4 is 12.0 Å². The molecule has 0 aromatic heterocycles. The number of amides is 1. The average Bonchev–Trinajstić information content (AvgIpc) is 2.55. The molecule has 0 aliphatic carbocycles. The first-order valence-electron chi connectivity index (χ1n) is 7.98. The Balaban J connectivity index is 2.53. The largest absolute Gasteiger partial charge is 0.493 e. The Morgan fingerprint density at radius 3 is 2.74 bits per heavy atom. The van der Waals surface area contributed by atoms with Gasteiger partial charge in [-0.05, 0) is 57.3 Å². The molecule has 23 heavy (non-hydrogen) atoms. The quantitative estimate of drug-likeness (QED) is 0.532. The van der Waals surface area contributed by atoms with Crippen LogP contribution >= 0.6 is 0 Å². The molecule has 1 rings (SSSR count). The van der Waals surface area contributed by atoms with Crippen LogP contribution in [0, 0.1) is 0 Å². The topological polar surface area (TPSA) is 50.8 Å². The highest BCUT2D eigenvalue weighted by atomic mass is 16.5. The summed E-state index contributed by atoms with van der Waals surface area (Å²) in [6.45, 7) is 4.34. The maximum absolute atomic E-state index is 11.8. The molecule has 0 atom stereocenters. The van der Waals surface area contributed by atoms with E-state index in [0.717, 1.165) is 30.7 Å². The summed E-state index contributed by atoms with van der Waals surface area (Å²) in [5, 5.41) is 2.87. The van der Waals surface area contributed by atoms with Crippen molar-refractivity contribution in [1.29, 1.82) is 0 Å². The number of nitrogens with one attached hydrogen (secondary N) is 1. The molecule has 0 fully saturated rings. The predicted octanol–water partition coefficient (Wildman–Crippen LogP) is 2.57. The number of hydrogen-bond acceptors (Lipinski definition) is 4. The van der Waals surface area contributed by atoms with Gasteiger partial charge in [-0.1, -0.05) is 13.0 Å². The van der Waals surface area contributed by atoms with Gasteiger partial charge in [-0.15, -0.1) is 0 Å². The normalized spacial score (nSPS) is 11.0. The molecule has 1 aromatic carbocycles. The van der Waals surface area contributed by atoms with Crippen molar-refractivity contribution in [2.45, 2.75) is 19.8 Å². The second kappa shape index (κ2) is 10.7. The SMILES string of the molecule is CCCOc1ccc(C=CC(=O)NCCCN(C)C)cc1OC. The zero-order valence-corrected chi connectivity index (χ0v) is 14.6. The van der Waals surface area contributed by atoms with Crippen molar-refractivity contribution in [2.75, 3.05) is 40.9 Å². The highest BCUT2D eigenvalue weighted by Gasteiger charge is 2.04. The van der Waals surface area contributed by atoms with Crippen LogP contribution in [0.1, 0.15) is 25.3 Å². The van der Waals surface area contributed by atoms with E-state index in [1.165, 1.54) is 6.08 Å². The third-order valence-corrected chi connectivity index (χ3v) is 3.16. The maximum atomic E-state index is 11.8. The fourth-order valence-electron chi connectivity index (χ4n) is 1.96. The van der Waals surface area contributed by atoms with E-state index in [0.29, 0.717) is 18.9 Å². The third kappa shape index (κ3) is 7.70. The third-order valence-electron chi connectivity index (χ3n) is 3.16. The fraction of sp³-hybridized carbons (Fsp3) is 0.500. The first-order chi connectivity index (χ1) is 11.1. The number of carbonyl (C=O) groups excluding carboxylic acids is 1. The Labute approximate surface area is 139 Å². The van der Waals surface area contributed by atoms with Gasteiger partial charge in [-0.25, -0.2) is 0 Å². The van der Waals surface area contributed by atoms with Crippen LogP contribution in [0.5, 0.6) is 11.5 Å². The first kappa shape index (κ1) is 19.0. The van der Waals surface area contributed by atoms with Gasteiger partial charge in [-0.3, -0.25) is 4.79 Å². The van der Waals surface area contributed by atoms with Crippen molar-refractivity contribution in [3.8, 4) is 11.5 Å². The number of methoxy groups -OCH3 is 1. The standard InChI is InChI=1S/C18H28N2O3/c1-5-13-23-16-9-7-15(14-17(16)22-4)8-10-18(21)19-11-6-12-20(2)3/h7-10,14H,5-6,11-13H2,1-4H3,(H,19,21). The van der Waals surface area contributed by atoms with E-state index in [1.807, 2.05) is 32.3 Å². The van der Waals surface area contributed by atoms with Gasteiger partial charge in [0.05, 0.1) is 13.7 Å². The second-order valence-electron chi connectivity index (χ2n) is 5.54. The van der Waals surface area contributed by atoms with Crippen molar-refractivity contribution < 1.29 is 14.3 Å². The monoisotopic (exact) mass is 320 g/mol. The molecule has 128 valence electrons. The molecule has 0 radical (unpaired) electrons. The predicted molar refractivity (Wildman–Crippen MR) is 94.0 cm³/mol. The maximum Gasteiger partial charge on any atom is 0.243 e. The molecule has 0 saturated carbocycles. The van der Waals surface area contributed by atoms with Crippen molar-refractivity contribution in [1.82, 2.24) is 10.2 Å². The van der Waals surface area contributed by atoms with Crippen LogP contribution < -0.4 is 14.8 Å². The number of nitrogens with zero attached hydrogens (tertiary/aromatic N) is 1. The zero-order chi connectivity index (χ0) is 17.1. The minimum Gasteiger partial charge on any atom is -0.493 e. The molecule has 0 spiro atoms. The van der Waals surface area contributed by atoms with Gasteiger partial charge in [0.2, 0.25) is 5.91 Å². The van der Waals surface area contributed by atoms with E-state index in [4.69, 9.17) is 9.47 Å². The van der Waals surface area contributed by atoms with E-state index in [-0.39, 0.29) is 5.91 Å². The summed E-state index contributed by atoms with van der Waals surface area (Å²) in [6.07, 6.45) is 5.19. The van der Waals surface area contributed by atoms with Crippen LogP contribution in [-0.2, 0) is 4.79 Å². The minimum atomic E-state index is -0.0889. The smallest absolute Gasteiger partial charge is 0.243 e. The average molecular weight is 320 g/mol. The molecule has 5 nitrogen and oxygen atoms in total. The summed E-state index contributed by atoms with van der Waals surface area (Å²) < 4.78 is 10.9. The van der Waals surface area contributed by atoms with E-state index in [1.54, 1.807) is 13.2 Å². The lowest BCUT2D eigenvalue weighted by atomic mass is 10.2. The number of ether oxygens (including phenoxy) is 2. The van der Waals surface area contributed by atoms with Crippen molar-refractivity contribution in [3.63, 3.8) is 0 Å². The van der Waals surface area contributed by atoms with E-state index < -0.39 is 0 Å². The summed E-state index contributed by atoms with van der Waals surface area (Å²) in [5.74, 6) is 1.31. The summed E-state index contributed by atoms with van der Waals surface area (Å²) in [7, 11) is 5.64. The lowest BCUT2D eigenvalue weighted by Crippen LogP contribution is -2.25. The van der Waals surface area contributed by atoms with Gasteiger partial charge >= 0.3 is 0 Å². The van der Waals surface area contributed by atoms with Crippen LogP contribution in [0.15, 0.2) is 24.3 Å². The van der Waals surface area contributed by atoms with Crippen molar-refractivity contribution in [3.05, 3.63) is 29.8 Å². The Hall–Kier alpha value is -2.01. The Morgan fingerprint density at radius 2 is 2.09 bits per heavy atom. The Morgan fingerprint density at radius 1 is 1.30 bits per heavy atom. The van der Waals surface area contributed by atoms with Gasteiger partial charge in [-0.2, -0.15) is 0 Å².